The highest BCUT2D eigenvalue weighted by molar-refractivity contribution is 6.34. The third kappa shape index (κ3) is 6.46. The van der Waals surface area contributed by atoms with Crippen molar-refractivity contribution in [2.45, 2.75) is 12.2 Å². The number of hydrogen-bond donors (Lipinski definition) is 2. The summed E-state index contributed by atoms with van der Waals surface area (Å²) in [5.41, 5.74) is -0.314. The molecule has 186 valence electrons. The van der Waals surface area contributed by atoms with Gasteiger partial charge in [-0.2, -0.15) is 0 Å². The number of halogens is 2. The number of carboxylic acid groups (broad SMARTS) is 1. The Bertz CT molecular complexity index is 1290. The molecule has 13 heteroatoms. The largest absolute Gasteiger partial charge is 0.480 e. The molecule has 11 nitrogen and oxygen atoms in total. The van der Waals surface area contributed by atoms with Gasteiger partial charge in [-0.1, -0.05) is 47.5 Å². The van der Waals surface area contributed by atoms with Crippen LogP contribution in [-0.2, 0) is 19.1 Å². The summed E-state index contributed by atoms with van der Waals surface area (Å²) in [4.78, 5) is 50.5. The minimum Gasteiger partial charge on any atom is -0.480 e. The summed E-state index contributed by atoms with van der Waals surface area (Å²) >= 11 is 12.0. The monoisotopic (exact) mass is 533 g/mol. The number of carbonyl (C=O) groups excluding carboxylic acids is 3. The molecule has 0 bridgehead atoms. The number of carbonyl (C=O) groups is 4. The van der Waals surface area contributed by atoms with Gasteiger partial charge in [0.1, 0.15) is 0 Å². The molecule has 0 unspecified atom stereocenters. The third-order valence-electron chi connectivity index (χ3n) is 4.53. The molecule has 0 radical (unpaired) electrons. The summed E-state index contributed by atoms with van der Waals surface area (Å²) in [6, 6.07) is 14.1. The highest BCUT2D eigenvalue weighted by atomic mass is 35.5. The molecule has 0 spiro atoms. The molecule has 3 rings (SSSR count). The summed E-state index contributed by atoms with van der Waals surface area (Å²) < 4.78 is 15.1. The van der Waals surface area contributed by atoms with E-state index in [0.717, 1.165) is 0 Å². The molecular formula is C23H17Cl2N3O8. The number of esters is 2. The average molecular weight is 534 g/mol. The zero-order chi connectivity index (χ0) is 26.2. The Morgan fingerprint density at radius 3 is 1.78 bits per heavy atom. The molecule has 0 fully saturated rings. The number of hydrogen-bond acceptors (Lipinski definition) is 9. The lowest BCUT2D eigenvalue weighted by atomic mass is 10.1. The minimum atomic E-state index is -2.27. The molecule has 36 heavy (non-hydrogen) atoms. The SMILES string of the molecule is COc1ccc(NC(=O)[C@H](OC(=O)c2ccccc2Cl)[C@H](OC(=O)c2ccccc2Cl)C(=O)O)nn1. The maximum Gasteiger partial charge on any atom is 0.349 e. The van der Waals surface area contributed by atoms with Crippen LogP contribution >= 0.6 is 23.2 Å². The number of nitrogens with zero attached hydrogens (tertiary/aromatic N) is 2. The minimum absolute atomic E-state index is 0.0115. The van der Waals surface area contributed by atoms with Gasteiger partial charge in [0.15, 0.2) is 5.82 Å². The number of rotatable bonds is 9. The van der Waals surface area contributed by atoms with E-state index >= 15 is 0 Å². The van der Waals surface area contributed by atoms with Crippen LogP contribution in [0, 0.1) is 0 Å². The van der Waals surface area contributed by atoms with Crippen LogP contribution in [-0.4, -0.2) is 58.4 Å². The first-order chi connectivity index (χ1) is 17.2. The molecule has 1 aromatic heterocycles. The van der Waals surface area contributed by atoms with E-state index in [-0.39, 0.29) is 32.9 Å². The molecule has 1 heterocycles. The number of nitrogens with one attached hydrogen (secondary N) is 1. The van der Waals surface area contributed by atoms with E-state index in [9.17, 15) is 24.3 Å². The van der Waals surface area contributed by atoms with Crippen LogP contribution in [0.15, 0.2) is 60.7 Å². The second-order valence-electron chi connectivity index (χ2n) is 6.90. The van der Waals surface area contributed by atoms with Gasteiger partial charge in [-0.05, 0) is 30.3 Å². The van der Waals surface area contributed by atoms with E-state index in [1.54, 1.807) is 12.1 Å². The van der Waals surface area contributed by atoms with Crippen LogP contribution in [0.5, 0.6) is 5.88 Å². The van der Waals surface area contributed by atoms with Crippen LogP contribution in [0.25, 0.3) is 0 Å². The fraction of sp³-hybridized carbons (Fsp3) is 0.130. The van der Waals surface area contributed by atoms with Crippen LogP contribution in [0.1, 0.15) is 20.7 Å². The number of anilines is 1. The Kier molecular flexibility index (Phi) is 8.76. The summed E-state index contributed by atoms with van der Waals surface area (Å²) in [5.74, 6) is -5.23. The Balaban J connectivity index is 1.93. The zero-order valence-electron chi connectivity index (χ0n) is 18.4. The van der Waals surface area contributed by atoms with Gasteiger partial charge >= 0.3 is 17.9 Å². The molecule has 0 aliphatic rings. The third-order valence-corrected chi connectivity index (χ3v) is 5.19. The van der Waals surface area contributed by atoms with Crippen molar-refractivity contribution < 1.29 is 38.5 Å². The van der Waals surface area contributed by atoms with Crippen LogP contribution < -0.4 is 10.1 Å². The van der Waals surface area contributed by atoms with E-state index < -0.39 is 36.0 Å². The molecule has 3 aromatic rings. The molecule has 0 saturated heterocycles. The van der Waals surface area contributed by atoms with Crippen LogP contribution in [0.4, 0.5) is 5.82 Å². The second-order valence-corrected chi connectivity index (χ2v) is 7.71. The van der Waals surface area contributed by atoms with Crippen molar-refractivity contribution in [3.05, 3.63) is 81.8 Å². The Hall–Kier alpha value is -4.22. The zero-order valence-corrected chi connectivity index (χ0v) is 19.9. The van der Waals surface area contributed by atoms with Crippen LogP contribution in [0.2, 0.25) is 10.0 Å². The van der Waals surface area contributed by atoms with Gasteiger partial charge < -0.3 is 24.6 Å². The number of amides is 1. The van der Waals surface area contributed by atoms with Crippen molar-refractivity contribution >= 4 is 52.8 Å². The summed E-state index contributed by atoms with van der Waals surface area (Å²) in [6.45, 7) is 0. The van der Waals surface area contributed by atoms with Crippen molar-refractivity contribution in [3.8, 4) is 5.88 Å². The van der Waals surface area contributed by atoms with Gasteiger partial charge in [-0.3, -0.25) is 4.79 Å². The summed E-state index contributed by atoms with van der Waals surface area (Å²) in [5, 5.41) is 19.4. The van der Waals surface area contributed by atoms with Crippen LogP contribution in [0.3, 0.4) is 0 Å². The maximum absolute atomic E-state index is 13.0. The number of aliphatic carboxylic acids is 1. The van der Waals surface area contributed by atoms with Crippen molar-refractivity contribution in [2.24, 2.45) is 0 Å². The standard InChI is InChI=1S/C23H17Cl2N3O8/c1-34-17-11-10-16(27-28-17)26-20(29)18(35-22(32)12-6-2-4-8-14(12)24)19(21(30)31)36-23(33)13-7-3-5-9-15(13)25/h2-11,18-19H,1H3,(H,30,31)(H,26,27,29)/t18-,19+/m1/s1. The summed E-state index contributed by atoms with van der Waals surface area (Å²) in [6.07, 6.45) is -4.44. The number of methoxy groups -OCH3 is 1. The first-order valence-corrected chi connectivity index (χ1v) is 10.8. The maximum atomic E-state index is 13.0. The van der Waals surface area contributed by atoms with Crippen molar-refractivity contribution in [3.63, 3.8) is 0 Å². The molecular weight excluding hydrogens is 517 g/mol. The lowest BCUT2D eigenvalue weighted by molar-refractivity contribution is -0.157. The second kappa shape index (κ2) is 12.0. The number of aromatic nitrogens is 2. The van der Waals surface area contributed by atoms with Gasteiger partial charge in [0.25, 0.3) is 5.91 Å². The average Bonchev–Trinajstić information content (AvgIpc) is 2.86. The van der Waals surface area contributed by atoms with Crippen molar-refractivity contribution in [1.82, 2.24) is 10.2 Å². The van der Waals surface area contributed by atoms with Gasteiger partial charge in [-0.25, -0.2) is 14.4 Å². The van der Waals surface area contributed by atoms with Gasteiger partial charge in [0, 0.05) is 6.07 Å². The Morgan fingerprint density at radius 2 is 1.33 bits per heavy atom. The van der Waals surface area contributed by atoms with E-state index in [1.807, 2.05) is 0 Å². The molecule has 2 aromatic carbocycles. The normalized spacial score (nSPS) is 12.1. The molecule has 0 aliphatic heterocycles. The topological polar surface area (TPSA) is 154 Å². The van der Waals surface area contributed by atoms with E-state index in [4.69, 9.17) is 37.4 Å². The predicted molar refractivity (Wildman–Crippen MR) is 126 cm³/mol. The van der Waals surface area contributed by atoms with Gasteiger partial charge in [-0.15, -0.1) is 10.2 Å². The van der Waals surface area contributed by atoms with E-state index in [0.29, 0.717) is 0 Å². The summed E-state index contributed by atoms with van der Waals surface area (Å²) in [7, 11) is 1.36. The van der Waals surface area contributed by atoms with Gasteiger partial charge in [0.2, 0.25) is 18.1 Å². The first kappa shape index (κ1) is 26.4. The van der Waals surface area contributed by atoms with E-state index in [2.05, 4.69) is 15.5 Å². The highest BCUT2D eigenvalue weighted by Gasteiger charge is 2.41. The number of carboxylic acids is 1. The Morgan fingerprint density at radius 1 is 0.806 bits per heavy atom. The molecule has 1 amide bonds. The molecule has 2 N–H and O–H groups in total. The molecule has 0 aliphatic carbocycles. The fourth-order valence-corrected chi connectivity index (χ4v) is 3.22. The first-order valence-electron chi connectivity index (χ1n) is 10.0. The van der Waals surface area contributed by atoms with Gasteiger partial charge in [0.05, 0.1) is 28.3 Å². The number of ether oxygens (including phenoxy) is 3. The quantitative estimate of drug-likeness (QED) is 0.391. The number of benzene rings is 2. The molecule has 2 atom stereocenters. The molecule has 0 saturated carbocycles. The highest BCUT2D eigenvalue weighted by Crippen LogP contribution is 2.21. The van der Waals surface area contributed by atoms with Crippen molar-refractivity contribution in [2.75, 3.05) is 12.4 Å². The lowest BCUT2D eigenvalue weighted by Gasteiger charge is -2.23. The lowest BCUT2D eigenvalue weighted by Crippen LogP contribution is -2.48. The smallest absolute Gasteiger partial charge is 0.349 e. The predicted octanol–water partition coefficient (Wildman–Crippen LogP) is 3.27. The Labute approximate surface area is 213 Å². The fourth-order valence-electron chi connectivity index (χ4n) is 2.80. The van der Waals surface area contributed by atoms with E-state index in [1.165, 1.54) is 55.6 Å². The van der Waals surface area contributed by atoms with Crippen molar-refractivity contribution in [1.29, 1.82) is 0 Å².